The maximum atomic E-state index is 11.9. The predicted molar refractivity (Wildman–Crippen MR) is 68.8 cm³/mol. The van der Waals surface area contributed by atoms with E-state index in [-0.39, 0.29) is 22.5 Å². The summed E-state index contributed by atoms with van der Waals surface area (Å²) in [6.07, 6.45) is 0.396. The van der Waals surface area contributed by atoms with E-state index in [0.717, 1.165) is 6.42 Å². The molecule has 1 saturated heterocycles. The summed E-state index contributed by atoms with van der Waals surface area (Å²) < 4.78 is 5.30. The van der Waals surface area contributed by atoms with Gasteiger partial charge in [-0.25, -0.2) is 4.79 Å². The fraction of sp³-hybridized carbons (Fsp3) is 0.750. The summed E-state index contributed by atoms with van der Waals surface area (Å²) in [5.41, 5.74) is -0.497. The Morgan fingerprint density at radius 1 is 1.41 bits per heavy atom. The Hall–Kier alpha value is -0.710. The lowest BCUT2D eigenvalue weighted by atomic mass is 10.2. The Kier molecular flexibility index (Phi) is 4.47. The number of amides is 1. The van der Waals surface area contributed by atoms with Crippen molar-refractivity contribution in [1.29, 1.82) is 0 Å². The van der Waals surface area contributed by atoms with E-state index in [4.69, 9.17) is 4.74 Å². The van der Waals surface area contributed by atoms with Gasteiger partial charge in [-0.2, -0.15) is 0 Å². The summed E-state index contributed by atoms with van der Waals surface area (Å²) in [5.74, 6) is 0. The van der Waals surface area contributed by atoms with E-state index in [0.29, 0.717) is 6.54 Å². The van der Waals surface area contributed by atoms with Crippen molar-refractivity contribution < 1.29 is 14.3 Å². The quantitative estimate of drug-likeness (QED) is 0.725. The van der Waals surface area contributed by atoms with Crippen molar-refractivity contribution in [1.82, 2.24) is 4.90 Å². The SMILES string of the molecule is [CH2][C@@H]1C[C@H](SC(C)=O)CN1C(=O)OC(C)(C)C. The van der Waals surface area contributed by atoms with Gasteiger partial charge >= 0.3 is 6.09 Å². The second-order valence-corrected chi connectivity index (χ2v) is 6.73. The summed E-state index contributed by atoms with van der Waals surface area (Å²) in [6, 6.07) is -0.110. The molecule has 0 aromatic carbocycles. The number of likely N-dealkylation sites (tertiary alicyclic amines) is 1. The molecule has 0 bridgehead atoms. The number of hydrogen-bond acceptors (Lipinski definition) is 4. The zero-order valence-electron chi connectivity index (χ0n) is 10.9. The molecule has 1 heterocycles. The molecule has 1 radical (unpaired) electrons. The van der Waals surface area contributed by atoms with Gasteiger partial charge < -0.3 is 9.64 Å². The lowest BCUT2D eigenvalue weighted by Gasteiger charge is -2.26. The van der Waals surface area contributed by atoms with Crippen LogP contribution in [-0.2, 0) is 9.53 Å². The normalized spacial score (nSPS) is 24.9. The maximum Gasteiger partial charge on any atom is 0.410 e. The van der Waals surface area contributed by atoms with Gasteiger partial charge in [0.15, 0.2) is 5.12 Å². The van der Waals surface area contributed by atoms with Crippen molar-refractivity contribution in [2.24, 2.45) is 0 Å². The molecular weight excluding hydrogens is 238 g/mol. The Bertz CT molecular complexity index is 311. The van der Waals surface area contributed by atoms with Crippen LogP contribution in [0.25, 0.3) is 0 Å². The van der Waals surface area contributed by atoms with Crippen molar-refractivity contribution in [2.75, 3.05) is 6.54 Å². The van der Waals surface area contributed by atoms with Crippen LogP contribution in [-0.4, -0.2) is 39.5 Å². The molecule has 0 aromatic rings. The van der Waals surface area contributed by atoms with Crippen LogP contribution in [0.5, 0.6) is 0 Å². The molecule has 0 aromatic heterocycles. The van der Waals surface area contributed by atoms with Crippen molar-refractivity contribution >= 4 is 23.0 Å². The highest BCUT2D eigenvalue weighted by Gasteiger charge is 2.35. The highest BCUT2D eigenvalue weighted by molar-refractivity contribution is 8.14. The number of thioether (sulfide) groups is 1. The average molecular weight is 258 g/mol. The van der Waals surface area contributed by atoms with E-state index in [1.807, 2.05) is 20.8 Å². The van der Waals surface area contributed by atoms with Crippen LogP contribution < -0.4 is 0 Å². The molecule has 5 heteroatoms. The third-order valence-corrected chi connectivity index (χ3v) is 3.34. The van der Waals surface area contributed by atoms with Gasteiger partial charge in [0, 0.05) is 24.8 Å². The molecule has 0 aliphatic carbocycles. The van der Waals surface area contributed by atoms with Crippen LogP contribution in [0, 0.1) is 6.92 Å². The van der Waals surface area contributed by atoms with Gasteiger partial charge in [0.25, 0.3) is 0 Å². The molecule has 1 aliphatic heterocycles. The summed E-state index contributed by atoms with van der Waals surface area (Å²) in [6.45, 7) is 11.5. The van der Waals surface area contributed by atoms with Crippen LogP contribution in [0.1, 0.15) is 34.1 Å². The van der Waals surface area contributed by atoms with E-state index in [2.05, 4.69) is 6.92 Å². The summed E-state index contributed by atoms with van der Waals surface area (Å²) in [7, 11) is 0. The number of nitrogens with zero attached hydrogens (tertiary/aromatic N) is 1. The average Bonchev–Trinajstić information content (AvgIpc) is 2.42. The Morgan fingerprint density at radius 2 is 2.00 bits per heavy atom. The molecule has 1 fully saturated rings. The number of ether oxygens (including phenoxy) is 1. The van der Waals surface area contributed by atoms with E-state index in [1.54, 1.807) is 11.8 Å². The summed E-state index contributed by atoms with van der Waals surface area (Å²) in [4.78, 5) is 24.5. The van der Waals surface area contributed by atoms with Gasteiger partial charge in [-0.05, 0) is 34.1 Å². The zero-order chi connectivity index (χ0) is 13.2. The number of carbonyl (C=O) groups excluding carboxylic acids is 2. The smallest absolute Gasteiger partial charge is 0.410 e. The molecular formula is C12H20NO3S. The number of hydrogen-bond donors (Lipinski definition) is 0. The lowest BCUT2D eigenvalue weighted by molar-refractivity contribution is -0.109. The van der Waals surface area contributed by atoms with Crippen molar-refractivity contribution in [3.63, 3.8) is 0 Å². The van der Waals surface area contributed by atoms with Crippen LogP contribution in [0.4, 0.5) is 4.79 Å². The first-order valence-corrected chi connectivity index (χ1v) is 6.57. The molecule has 0 N–H and O–H groups in total. The molecule has 1 aliphatic rings. The minimum absolute atomic E-state index is 0.0771. The summed E-state index contributed by atoms with van der Waals surface area (Å²) in [5, 5.41) is 0.218. The molecule has 1 rings (SSSR count). The molecule has 2 atom stereocenters. The molecule has 0 saturated carbocycles. The standard InChI is InChI=1S/C12H20NO3S/c1-8-6-10(17-9(2)14)7-13(8)11(15)16-12(3,4)5/h8,10H,1,6-7H2,2-5H3/t8-,10+/m1/s1. The van der Waals surface area contributed by atoms with Crippen LogP contribution >= 0.6 is 11.8 Å². The molecule has 17 heavy (non-hydrogen) atoms. The van der Waals surface area contributed by atoms with E-state index >= 15 is 0 Å². The van der Waals surface area contributed by atoms with Gasteiger partial charge in [-0.1, -0.05) is 11.8 Å². The maximum absolute atomic E-state index is 11.9. The van der Waals surface area contributed by atoms with E-state index < -0.39 is 5.60 Å². The lowest BCUT2D eigenvalue weighted by Crippen LogP contribution is -2.39. The van der Waals surface area contributed by atoms with Gasteiger partial charge in [-0.3, -0.25) is 4.79 Å². The minimum Gasteiger partial charge on any atom is -0.444 e. The highest BCUT2D eigenvalue weighted by Crippen LogP contribution is 2.28. The predicted octanol–water partition coefficient (Wildman–Crippen LogP) is 2.48. The first-order chi connectivity index (χ1) is 7.69. The van der Waals surface area contributed by atoms with Gasteiger partial charge in [0.05, 0.1) is 0 Å². The third-order valence-electron chi connectivity index (χ3n) is 2.34. The molecule has 0 spiro atoms. The molecule has 1 amide bonds. The van der Waals surface area contributed by atoms with Crippen molar-refractivity contribution in [3.05, 3.63) is 6.92 Å². The van der Waals surface area contributed by atoms with E-state index in [9.17, 15) is 9.59 Å². The molecule has 4 nitrogen and oxygen atoms in total. The molecule has 97 valence electrons. The number of carbonyl (C=O) groups is 2. The summed E-state index contributed by atoms with van der Waals surface area (Å²) >= 11 is 1.28. The molecule has 0 unspecified atom stereocenters. The van der Waals surface area contributed by atoms with Crippen molar-refractivity contribution in [2.45, 2.75) is 51.0 Å². The van der Waals surface area contributed by atoms with Crippen molar-refractivity contribution in [3.8, 4) is 0 Å². The van der Waals surface area contributed by atoms with Gasteiger partial charge in [-0.15, -0.1) is 0 Å². The fourth-order valence-electron chi connectivity index (χ4n) is 1.74. The Morgan fingerprint density at radius 3 is 2.47 bits per heavy atom. The highest BCUT2D eigenvalue weighted by atomic mass is 32.2. The van der Waals surface area contributed by atoms with Crippen LogP contribution in [0.3, 0.4) is 0 Å². The number of rotatable bonds is 1. The topological polar surface area (TPSA) is 46.6 Å². The first-order valence-electron chi connectivity index (χ1n) is 5.69. The van der Waals surface area contributed by atoms with Gasteiger partial charge in [0.1, 0.15) is 5.60 Å². The second-order valence-electron chi connectivity index (χ2n) is 5.25. The van der Waals surface area contributed by atoms with Gasteiger partial charge in [0.2, 0.25) is 0 Å². The fourth-order valence-corrected chi connectivity index (χ4v) is 2.76. The minimum atomic E-state index is -0.497. The van der Waals surface area contributed by atoms with E-state index in [1.165, 1.54) is 11.8 Å². The zero-order valence-corrected chi connectivity index (χ0v) is 11.7. The Balaban J connectivity index is 2.55. The monoisotopic (exact) mass is 258 g/mol. The third kappa shape index (κ3) is 4.58. The van der Waals surface area contributed by atoms with Crippen LogP contribution in [0.15, 0.2) is 0 Å². The van der Waals surface area contributed by atoms with Crippen LogP contribution in [0.2, 0.25) is 0 Å². The first kappa shape index (κ1) is 14.4. The largest absolute Gasteiger partial charge is 0.444 e. The Labute approximate surface area is 107 Å². The second kappa shape index (κ2) is 5.29.